The number of carbonyl (C=O) groups is 1. The minimum atomic E-state index is -0.178. The van der Waals surface area contributed by atoms with E-state index in [1.165, 1.54) is 50.7 Å². The number of carbonyl (C=O) groups excluding carboxylic acids is 1. The van der Waals surface area contributed by atoms with Crippen LogP contribution in [0.15, 0.2) is 18.2 Å². The van der Waals surface area contributed by atoms with E-state index in [1.54, 1.807) is 6.07 Å². The van der Waals surface area contributed by atoms with Gasteiger partial charge in [0.1, 0.15) is 5.75 Å². The molecule has 4 heteroatoms. The van der Waals surface area contributed by atoms with Gasteiger partial charge in [0.25, 0.3) is 5.91 Å². The number of hydrogen-bond acceptors (Lipinski definition) is 2. The zero-order valence-electron chi connectivity index (χ0n) is 12.8. The molecule has 1 amide bonds. The third-order valence-corrected chi connectivity index (χ3v) is 3.83. The van der Waals surface area contributed by atoms with E-state index in [0.29, 0.717) is 12.1 Å². The molecule has 1 aromatic rings. The van der Waals surface area contributed by atoms with Gasteiger partial charge in [0.05, 0.1) is 10.6 Å². The number of halogens is 1. The van der Waals surface area contributed by atoms with Crippen LogP contribution in [0.2, 0.25) is 5.02 Å². The first kappa shape index (κ1) is 17.8. The predicted molar refractivity (Wildman–Crippen MR) is 88.1 cm³/mol. The van der Waals surface area contributed by atoms with Crippen molar-refractivity contribution in [2.75, 3.05) is 6.54 Å². The second-order valence-electron chi connectivity index (χ2n) is 5.39. The van der Waals surface area contributed by atoms with Crippen molar-refractivity contribution in [3.8, 4) is 5.75 Å². The molecular formula is C17H26ClNO2. The second kappa shape index (κ2) is 10.5. The Balaban J connectivity index is 2.11. The molecule has 21 heavy (non-hydrogen) atoms. The maximum absolute atomic E-state index is 11.9. The van der Waals surface area contributed by atoms with Gasteiger partial charge < -0.3 is 10.4 Å². The van der Waals surface area contributed by atoms with Crippen LogP contribution in [0.25, 0.3) is 0 Å². The first-order valence-corrected chi connectivity index (χ1v) is 8.29. The lowest BCUT2D eigenvalue weighted by Crippen LogP contribution is -2.24. The summed E-state index contributed by atoms with van der Waals surface area (Å²) < 4.78 is 0. The van der Waals surface area contributed by atoms with Gasteiger partial charge in [0.2, 0.25) is 0 Å². The first-order chi connectivity index (χ1) is 10.1. The van der Waals surface area contributed by atoms with E-state index in [-0.39, 0.29) is 16.7 Å². The summed E-state index contributed by atoms with van der Waals surface area (Å²) in [6.45, 7) is 2.90. The number of unbranched alkanes of at least 4 members (excludes halogenated alkanes) is 7. The Morgan fingerprint density at radius 2 is 1.71 bits per heavy atom. The summed E-state index contributed by atoms with van der Waals surface area (Å²) in [5.74, 6) is -0.109. The largest absolute Gasteiger partial charge is 0.508 e. The molecular weight excluding hydrogens is 286 g/mol. The number of phenolic OH excluding ortho intramolecular Hbond substituents is 1. The maximum atomic E-state index is 11.9. The number of hydrogen-bond donors (Lipinski definition) is 2. The summed E-state index contributed by atoms with van der Waals surface area (Å²) in [6, 6.07) is 4.39. The van der Waals surface area contributed by atoms with Crippen molar-refractivity contribution < 1.29 is 9.90 Å². The van der Waals surface area contributed by atoms with Gasteiger partial charge in [-0.05, 0) is 24.6 Å². The average Bonchev–Trinajstić information content (AvgIpc) is 2.45. The molecule has 0 saturated heterocycles. The van der Waals surface area contributed by atoms with Crippen LogP contribution < -0.4 is 5.32 Å². The molecule has 0 atom stereocenters. The highest BCUT2D eigenvalue weighted by Crippen LogP contribution is 2.21. The van der Waals surface area contributed by atoms with Crippen LogP contribution in [0.4, 0.5) is 0 Å². The minimum Gasteiger partial charge on any atom is -0.508 e. The molecule has 1 aromatic carbocycles. The van der Waals surface area contributed by atoms with Gasteiger partial charge in [-0.15, -0.1) is 0 Å². The fourth-order valence-corrected chi connectivity index (χ4v) is 2.50. The van der Waals surface area contributed by atoms with Crippen LogP contribution in [0.3, 0.4) is 0 Å². The molecule has 0 aliphatic carbocycles. The molecule has 118 valence electrons. The number of nitrogens with one attached hydrogen (secondary N) is 1. The van der Waals surface area contributed by atoms with Crippen molar-refractivity contribution in [3.63, 3.8) is 0 Å². The standard InChI is InChI=1S/C17H26ClNO2/c1-2-3-4-5-6-7-8-9-12-19-17(21)15-11-10-14(20)13-16(15)18/h10-11,13,20H,2-9,12H2,1H3,(H,19,21). The van der Waals surface area contributed by atoms with E-state index in [2.05, 4.69) is 12.2 Å². The Morgan fingerprint density at radius 3 is 2.33 bits per heavy atom. The summed E-state index contributed by atoms with van der Waals surface area (Å²) in [5, 5.41) is 12.4. The van der Waals surface area contributed by atoms with Crippen molar-refractivity contribution in [2.24, 2.45) is 0 Å². The van der Waals surface area contributed by atoms with Gasteiger partial charge in [-0.2, -0.15) is 0 Å². The summed E-state index contributed by atoms with van der Waals surface area (Å²) >= 11 is 5.93. The van der Waals surface area contributed by atoms with E-state index < -0.39 is 0 Å². The van der Waals surface area contributed by atoms with Crippen LogP contribution >= 0.6 is 11.6 Å². The van der Waals surface area contributed by atoms with E-state index in [1.807, 2.05) is 0 Å². The van der Waals surface area contributed by atoms with E-state index >= 15 is 0 Å². The number of aromatic hydroxyl groups is 1. The summed E-state index contributed by atoms with van der Waals surface area (Å²) in [6.07, 6.45) is 9.95. The Kier molecular flexibility index (Phi) is 8.91. The van der Waals surface area contributed by atoms with Crippen molar-refractivity contribution in [1.29, 1.82) is 0 Å². The molecule has 0 radical (unpaired) electrons. The molecule has 3 nitrogen and oxygen atoms in total. The number of amides is 1. The highest BCUT2D eigenvalue weighted by molar-refractivity contribution is 6.34. The fraction of sp³-hybridized carbons (Fsp3) is 0.588. The fourth-order valence-electron chi connectivity index (χ4n) is 2.24. The van der Waals surface area contributed by atoms with Crippen LogP contribution in [0.1, 0.15) is 68.6 Å². The van der Waals surface area contributed by atoms with Gasteiger partial charge in [0.15, 0.2) is 0 Å². The predicted octanol–water partition coefficient (Wildman–Crippen LogP) is 4.92. The smallest absolute Gasteiger partial charge is 0.252 e. The molecule has 0 heterocycles. The molecule has 0 fully saturated rings. The van der Waals surface area contributed by atoms with Gasteiger partial charge in [-0.1, -0.05) is 63.5 Å². The van der Waals surface area contributed by atoms with E-state index in [9.17, 15) is 9.90 Å². The lowest BCUT2D eigenvalue weighted by molar-refractivity contribution is 0.0953. The highest BCUT2D eigenvalue weighted by Gasteiger charge is 2.09. The molecule has 0 spiro atoms. The van der Waals surface area contributed by atoms with Crippen LogP contribution in [0, 0.1) is 0 Å². The van der Waals surface area contributed by atoms with Crippen molar-refractivity contribution in [2.45, 2.75) is 58.3 Å². The molecule has 0 aliphatic rings. The molecule has 2 N–H and O–H groups in total. The Bertz CT molecular complexity index is 435. The Morgan fingerprint density at radius 1 is 1.10 bits per heavy atom. The van der Waals surface area contributed by atoms with Gasteiger partial charge in [-0.3, -0.25) is 4.79 Å². The van der Waals surface area contributed by atoms with E-state index in [4.69, 9.17) is 11.6 Å². The number of benzene rings is 1. The van der Waals surface area contributed by atoms with Crippen LogP contribution in [0.5, 0.6) is 5.75 Å². The summed E-state index contributed by atoms with van der Waals surface area (Å²) in [4.78, 5) is 11.9. The Labute approximate surface area is 132 Å². The molecule has 0 aromatic heterocycles. The van der Waals surface area contributed by atoms with Crippen molar-refractivity contribution in [3.05, 3.63) is 28.8 Å². The van der Waals surface area contributed by atoms with Gasteiger partial charge in [-0.25, -0.2) is 0 Å². The third-order valence-electron chi connectivity index (χ3n) is 3.51. The first-order valence-electron chi connectivity index (χ1n) is 7.92. The number of phenols is 1. The molecule has 0 unspecified atom stereocenters. The summed E-state index contributed by atoms with van der Waals surface area (Å²) in [5.41, 5.74) is 0.411. The van der Waals surface area contributed by atoms with Gasteiger partial charge in [0, 0.05) is 6.54 Å². The lowest BCUT2D eigenvalue weighted by atomic mass is 10.1. The quantitative estimate of drug-likeness (QED) is 0.603. The lowest BCUT2D eigenvalue weighted by Gasteiger charge is -2.07. The summed E-state index contributed by atoms with van der Waals surface area (Å²) in [7, 11) is 0. The molecule has 0 aliphatic heterocycles. The third kappa shape index (κ3) is 7.37. The van der Waals surface area contributed by atoms with Gasteiger partial charge >= 0.3 is 0 Å². The monoisotopic (exact) mass is 311 g/mol. The molecule has 1 rings (SSSR count). The topological polar surface area (TPSA) is 49.3 Å². The van der Waals surface area contributed by atoms with Crippen LogP contribution in [-0.4, -0.2) is 17.6 Å². The minimum absolute atomic E-state index is 0.0691. The maximum Gasteiger partial charge on any atom is 0.252 e. The zero-order chi connectivity index (χ0) is 15.5. The molecule has 0 saturated carbocycles. The zero-order valence-corrected chi connectivity index (χ0v) is 13.6. The number of rotatable bonds is 10. The normalized spacial score (nSPS) is 10.6. The molecule has 0 bridgehead atoms. The highest BCUT2D eigenvalue weighted by atomic mass is 35.5. The second-order valence-corrected chi connectivity index (χ2v) is 5.80. The Hall–Kier alpha value is -1.22. The van der Waals surface area contributed by atoms with Crippen molar-refractivity contribution in [1.82, 2.24) is 5.32 Å². The van der Waals surface area contributed by atoms with E-state index in [0.717, 1.165) is 12.8 Å². The average molecular weight is 312 g/mol. The van der Waals surface area contributed by atoms with Crippen LogP contribution in [-0.2, 0) is 0 Å². The van der Waals surface area contributed by atoms with Crippen molar-refractivity contribution >= 4 is 17.5 Å². The SMILES string of the molecule is CCCCCCCCCCNC(=O)c1ccc(O)cc1Cl.